The zero-order chi connectivity index (χ0) is 12.0. The van der Waals surface area contributed by atoms with Gasteiger partial charge in [-0.25, -0.2) is 4.98 Å². The second-order valence-corrected chi connectivity index (χ2v) is 4.48. The predicted octanol–water partition coefficient (Wildman–Crippen LogP) is 2.05. The summed E-state index contributed by atoms with van der Waals surface area (Å²) in [5, 5.41) is 9.43. The molecule has 1 rings (SSSR count). The fraction of sp³-hybridized carbons (Fsp3) is 0.273. The van der Waals surface area contributed by atoms with Crippen molar-refractivity contribution >= 4 is 28.8 Å². The summed E-state index contributed by atoms with van der Waals surface area (Å²) in [6, 6.07) is 1.55. The summed E-state index contributed by atoms with van der Waals surface area (Å²) in [6.07, 6.45) is 6.16. The standard InChI is InChI=1S/C11H14N2O2S/c1-8(14)16-5-3-2-4-9-6-10(15)11(12)13-7-9/h2,4,6-7,15H,3,5H2,1H3,(H2,12,13). The lowest BCUT2D eigenvalue weighted by atomic mass is 10.2. The van der Waals surface area contributed by atoms with Gasteiger partial charge in [-0.05, 0) is 18.1 Å². The Kier molecular flexibility index (Phi) is 4.85. The van der Waals surface area contributed by atoms with Crippen LogP contribution in [0.4, 0.5) is 5.82 Å². The summed E-state index contributed by atoms with van der Waals surface area (Å²) in [5.74, 6) is 0.879. The van der Waals surface area contributed by atoms with E-state index < -0.39 is 0 Å². The van der Waals surface area contributed by atoms with Crippen molar-refractivity contribution < 1.29 is 9.90 Å². The molecule has 86 valence electrons. The molecule has 0 saturated carbocycles. The van der Waals surface area contributed by atoms with E-state index >= 15 is 0 Å². The molecule has 0 spiro atoms. The van der Waals surface area contributed by atoms with Crippen molar-refractivity contribution in [2.75, 3.05) is 11.5 Å². The Bertz CT molecular complexity index is 405. The maximum Gasteiger partial charge on any atom is 0.185 e. The van der Waals surface area contributed by atoms with Gasteiger partial charge in [-0.15, -0.1) is 0 Å². The maximum absolute atomic E-state index is 10.6. The van der Waals surface area contributed by atoms with Gasteiger partial charge < -0.3 is 10.8 Å². The molecule has 0 aliphatic carbocycles. The van der Waals surface area contributed by atoms with E-state index in [1.165, 1.54) is 11.8 Å². The van der Waals surface area contributed by atoms with Crippen molar-refractivity contribution in [3.05, 3.63) is 23.9 Å². The Hall–Kier alpha value is -1.49. The SMILES string of the molecule is CC(=O)SCCC=Cc1cnc(N)c(O)c1. The molecule has 0 aromatic carbocycles. The second kappa shape index (κ2) is 6.17. The first-order chi connectivity index (χ1) is 7.59. The van der Waals surface area contributed by atoms with Crippen LogP contribution in [0.3, 0.4) is 0 Å². The van der Waals surface area contributed by atoms with E-state index in [-0.39, 0.29) is 16.7 Å². The highest BCUT2D eigenvalue weighted by molar-refractivity contribution is 8.13. The number of nitrogens with zero attached hydrogens (tertiary/aromatic N) is 1. The monoisotopic (exact) mass is 238 g/mol. The highest BCUT2D eigenvalue weighted by atomic mass is 32.2. The van der Waals surface area contributed by atoms with Crippen molar-refractivity contribution in [2.45, 2.75) is 13.3 Å². The summed E-state index contributed by atoms with van der Waals surface area (Å²) in [6.45, 7) is 1.55. The van der Waals surface area contributed by atoms with E-state index in [4.69, 9.17) is 5.73 Å². The molecule has 5 heteroatoms. The molecule has 16 heavy (non-hydrogen) atoms. The molecule has 1 aromatic heterocycles. The van der Waals surface area contributed by atoms with Crippen molar-refractivity contribution in [3.8, 4) is 5.75 Å². The smallest absolute Gasteiger partial charge is 0.185 e. The van der Waals surface area contributed by atoms with E-state index in [0.717, 1.165) is 17.7 Å². The topological polar surface area (TPSA) is 76.2 Å². The Balaban J connectivity index is 2.44. The largest absolute Gasteiger partial charge is 0.504 e. The summed E-state index contributed by atoms with van der Waals surface area (Å²) in [4.78, 5) is 14.5. The summed E-state index contributed by atoms with van der Waals surface area (Å²) in [7, 11) is 0. The maximum atomic E-state index is 10.6. The number of hydrogen-bond donors (Lipinski definition) is 2. The quantitative estimate of drug-likeness (QED) is 0.785. The minimum absolute atomic E-state index is 0.0136. The lowest BCUT2D eigenvalue weighted by molar-refractivity contribution is -0.109. The third-order valence-corrected chi connectivity index (χ3v) is 2.67. The minimum Gasteiger partial charge on any atom is -0.504 e. The highest BCUT2D eigenvalue weighted by Gasteiger charge is 1.97. The number of carbonyl (C=O) groups is 1. The first-order valence-electron chi connectivity index (χ1n) is 4.84. The molecule has 0 fully saturated rings. The lowest BCUT2D eigenvalue weighted by Crippen LogP contribution is -1.90. The van der Waals surface area contributed by atoms with Crippen molar-refractivity contribution in [1.29, 1.82) is 0 Å². The number of hydrogen-bond acceptors (Lipinski definition) is 5. The Morgan fingerprint density at radius 3 is 3.06 bits per heavy atom. The third kappa shape index (κ3) is 4.35. The molecule has 0 atom stereocenters. The van der Waals surface area contributed by atoms with Crippen LogP contribution in [0.15, 0.2) is 18.3 Å². The van der Waals surface area contributed by atoms with Gasteiger partial charge in [0.05, 0.1) is 0 Å². The predicted molar refractivity (Wildman–Crippen MR) is 67.1 cm³/mol. The molecule has 0 saturated heterocycles. The average molecular weight is 238 g/mol. The van der Waals surface area contributed by atoms with Gasteiger partial charge in [0.2, 0.25) is 0 Å². The molecule has 0 radical (unpaired) electrons. The van der Waals surface area contributed by atoms with Crippen molar-refractivity contribution in [2.24, 2.45) is 0 Å². The van der Waals surface area contributed by atoms with Gasteiger partial charge in [0.15, 0.2) is 16.7 Å². The fourth-order valence-corrected chi connectivity index (χ4v) is 1.60. The zero-order valence-electron chi connectivity index (χ0n) is 9.01. The van der Waals surface area contributed by atoms with Crippen molar-refractivity contribution in [1.82, 2.24) is 4.98 Å². The molecule has 0 unspecified atom stereocenters. The number of nitrogens with two attached hydrogens (primary N) is 1. The normalized spacial score (nSPS) is 10.8. The number of aromatic nitrogens is 1. The van der Waals surface area contributed by atoms with E-state index in [1.807, 2.05) is 12.2 Å². The molecule has 1 aromatic rings. The Morgan fingerprint density at radius 1 is 1.69 bits per heavy atom. The zero-order valence-corrected chi connectivity index (χ0v) is 9.83. The van der Waals surface area contributed by atoms with Gasteiger partial charge in [0.25, 0.3) is 0 Å². The number of anilines is 1. The van der Waals surface area contributed by atoms with Crippen LogP contribution in [0.2, 0.25) is 0 Å². The van der Waals surface area contributed by atoms with Crippen LogP contribution in [0.1, 0.15) is 18.9 Å². The van der Waals surface area contributed by atoms with E-state index in [9.17, 15) is 9.90 Å². The Labute approximate surface area is 98.6 Å². The van der Waals surface area contributed by atoms with Crippen LogP contribution in [0.25, 0.3) is 6.08 Å². The van der Waals surface area contributed by atoms with E-state index in [2.05, 4.69) is 4.98 Å². The van der Waals surface area contributed by atoms with E-state index in [1.54, 1.807) is 19.2 Å². The molecule has 0 bridgehead atoms. The molecular weight excluding hydrogens is 224 g/mol. The molecule has 3 N–H and O–H groups in total. The van der Waals surface area contributed by atoms with Gasteiger partial charge in [-0.2, -0.15) is 0 Å². The van der Waals surface area contributed by atoms with Gasteiger partial charge in [0.1, 0.15) is 0 Å². The number of nitrogen functional groups attached to an aromatic ring is 1. The van der Waals surface area contributed by atoms with Crippen molar-refractivity contribution in [3.63, 3.8) is 0 Å². The van der Waals surface area contributed by atoms with Crippen LogP contribution >= 0.6 is 11.8 Å². The van der Waals surface area contributed by atoms with Crippen LogP contribution in [-0.4, -0.2) is 21.0 Å². The third-order valence-electron chi connectivity index (χ3n) is 1.82. The number of carbonyl (C=O) groups excluding carboxylic acids is 1. The number of thioether (sulfide) groups is 1. The number of aromatic hydroxyl groups is 1. The first kappa shape index (κ1) is 12.6. The first-order valence-corrected chi connectivity index (χ1v) is 5.82. The summed E-state index contributed by atoms with van der Waals surface area (Å²) >= 11 is 1.30. The van der Waals surface area contributed by atoms with Crippen LogP contribution in [0, 0.1) is 0 Å². The fourth-order valence-electron chi connectivity index (χ4n) is 1.06. The highest BCUT2D eigenvalue weighted by Crippen LogP contribution is 2.18. The lowest BCUT2D eigenvalue weighted by Gasteiger charge is -1.98. The van der Waals surface area contributed by atoms with Crippen LogP contribution in [-0.2, 0) is 4.79 Å². The van der Waals surface area contributed by atoms with Gasteiger partial charge >= 0.3 is 0 Å². The molecular formula is C11H14N2O2S. The van der Waals surface area contributed by atoms with Gasteiger partial charge in [-0.3, -0.25) is 4.79 Å². The van der Waals surface area contributed by atoms with Crippen LogP contribution < -0.4 is 5.73 Å². The molecule has 0 aliphatic heterocycles. The van der Waals surface area contributed by atoms with Crippen LogP contribution in [0.5, 0.6) is 5.75 Å². The average Bonchev–Trinajstić information content (AvgIpc) is 2.22. The molecule has 0 amide bonds. The molecule has 1 heterocycles. The van der Waals surface area contributed by atoms with Gasteiger partial charge in [-0.1, -0.05) is 23.9 Å². The molecule has 0 aliphatic rings. The minimum atomic E-state index is -0.0136. The number of allylic oxidation sites excluding steroid dienone is 1. The summed E-state index contributed by atoms with van der Waals surface area (Å²) in [5.41, 5.74) is 6.16. The Morgan fingerprint density at radius 2 is 2.44 bits per heavy atom. The number of pyridine rings is 1. The number of rotatable bonds is 4. The summed E-state index contributed by atoms with van der Waals surface area (Å²) < 4.78 is 0. The second-order valence-electron chi connectivity index (χ2n) is 3.20. The van der Waals surface area contributed by atoms with E-state index in [0.29, 0.717) is 0 Å². The van der Waals surface area contributed by atoms with Gasteiger partial charge in [0, 0.05) is 18.9 Å². The molecule has 4 nitrogen and oxygen atoms in total.